The van der Waals surface area contributed by atoms with Gasteiger partial charge in [0, 0.05) is 11.7 Å². The van der Waals surface area contributed by atoms with Crippen LogP contribution < -0.4 is 11.1 Å². The topological polar surface area (TPSA) is 89.3 Å². The van der Waals surface area contributed by atoms with E-state index in [4.69, 9.17) is 5.73 Å². The Labute approximate surface area is 123 Å². The van der Waals surface area contributed by atoms with Crippen LogP contribution in [0, 0.1) is 5.82 Å². The van der Waals surface area contributed by atoms with Crippen molar-refractivity contribution in [3.63, 3.8) is 0 Å². The fourth-order valence-electron chi connectivity index (χ4n) is 2.54. The summed E-state index contributed by atoms with van der Waals surface area (Å²) >= 11 is 0. The molecule has 0 atom stereocenters. The first-order chi connectivity index (χ1) is 9.87. The van der Waals surface area contributed by atoms with E-state index in [1.165, 1.54) is 0 Å². The zero-order valence-corrected chi connectivity index (χ0v) is 12.5. The summed E-state index contributed by atoms with van der Waals surface area (Å²) in [4.78, 5) is 11.6. The highest BCUT2D eigenvalue weighted by molar-refractivity contribution is 7.92. The lowest BCUT2D eigenvalue weighted by atomic mass is 9.95. The number of carbonyl (C=O) groups excluding carboxylic acids is 1. The number of nitrogens with two attached hydrogens (primary N) is 1. The van der Waals surface area contributed by atoms with E-state index in [-0.39, 0.29) is 16.6 Å². The van der Waals surface area contributed by atoms with Gasteiger partial charge in [0.15, 0.2) is 9.84 Å². The SMILES string of the molecule is Nc1cc(F)cc(S(=O)(=O)CC(=O)NC2CCCCC2)c1. The Bertz CT molecular complexity index is 605. The first kappa shape index (κ1) is 15.8. The van der Waals surface area contributed by atoms with Crippen LogP contribution in [0.5, 0.6) is 0 Å². The van der Waals surface area contributed by atoms with Gasteiger partial charge < -0.3 is 11.1 Å². The fourth-order valence-corrected chi connectivity index (χ4v) is 3.74. The Hall–Kier alpha value is -1.63. The first-order valence-electron chi connectivity index (χ1n) is 6.95. The molecule has 1 aliphatic carbocycles. The Kier molecular flexibility index (Phi) is 4.82. The van der Waals surface area contributed by atoms with Crippen molar-refractivity contribution in [1.82, 2.24) is 5.32 Å². The monoisotopic (exact) mass is 314 g/mol. The van der Waals surface area contributed by atoms with Crippen LogP contribution in [0.25, 0.3) is 0 Å². The summed E-state index contributed by atoms with van der Waals surface area (Å²) in [6.07, 6.45) is 4.97. The van der Waals surface area contributed by atoms with Crippen molar-refractivity contribution in [2.24, 2.45) is 0 Å². The lowest BCUT2D eigenvalue weighted by Crippen LogP contribution is -2.39. The van der Waals surface area contributed by atoms with Crippen LogP contribution in [0.4, 0.5) is 10.1 Å². The maximum atomic E-state index is 13.2. The van der Waals surface area contributed by atoms with Crippen molar-refractivity contribution in [1.29, 1.82) is 0 Å². The van der Waals surface area contributed by atoms with Gasteiger partial charge in [-0.25, -0.2) is 12.8 Å². The molecule has 1 amide bonds. The summed E-state index contributed by atoms with van der Waals surface area (Å²) in [5.41, 5.74) is 5.45. The standard InChI is InChI=1S/C14H19FN2O3S/c15-10-6-11(16)8-13(7-10)21(19,20)9-14(18)17-12-4-2-1-3-5-12/h6-8,12H,1-5,9,16H2,(H,17,18). The molecule has 1 saturated carbocycles. The molecule has 0 radical (unpaired) electrons. The van der Waals surface area contributed by atoms with Crippen molar-refractivity contribution in [2.45, 2.75) is 43.0 Å². The van der Waals surface area contributed by atoms with Gasteiger partial charge in [-0.15, -0.1) is 0 Å². The van der Waals surface area contributed by atoms with Gasteiger partial charge in [-0.05, 0) is 31.0 Å². The highest BCUT2D eigenvalue weighted by atomic mass is 32.2. The van der Waals surface area contributed by atoms with E-state index in [9.17, 15) is 17.6 Å². The second-order valence-electron chi connectivity index (χ2n) is 5.38. The van der Waals surface area contributed by atoms with Gasteiger partial charge in [0.1, 0.15) is 11.6 Å². The van der Waals surface area contributed by atoms with Crippen molar-refractivity contribution < 1.29 is 17.6 Å². The third kappa shape index (κ3) is 4.42. The maximum Gasteiger partial charge on any atom is 0.235 e. The van der Waals surface area contributed by atoms with Gasteiger partial charge in [-0.2, -0.15) is 0 Å². The molecule has 5 nitrogen and oxygen atoms in total. The van der Waals surface area contributed by atoms with E-state index in [1.807, 2.05) is 0 Å². The molecule has 1 aliphatic rings. The number of halogens is 1. The highest BCUT2D eigenvalue weighted by Gasteiger charge is 2.23. The van der Waals surface area contributed by atoms with Crippen molar-refractivity contribution >= 4 is 21.4 Å². The smallest absolute Gasteiger partial charge is 0.235 e. The molecule has 1 fully saturated rings. The summed E-state index contributed by atoms with van der Waals surface area (Å²) in [6, 6.07) is 3.10. The van der Waals surface area contributed by atoms with Gasteiger partial charge in [0.25, 0.3) is 0 Å². The zero-order chi connectivity index (χ0) is 15.5. The Morgan fingerprint density at radius 3 is 2.52 bits per heavy atom. The lowest BCUT2D eigenvalue weighted by molar-refractivity contribution is -0.119. The molecule has 7 heteroatoms. The van der Waals surface area contributed by atoms with Crippen LogP contribution in [-0.4, -0.2) is 26.1 Å². The molecular formula is C14H19FN2O3S. The minimum atomic E-state index is -3.89. The number of hydrogen-bond donors (Lipinski definition) is 2. The minimum Gasteiger partial charge on any atom is -0.399 e. The quantitative estimate of drug-likeness (QED) is 0.827. The highest BCUT2D eigenvalue weighted by Crippen LogP contribution is 2.19. The third-order valence-corrected chi connectivity index (χ3v) is 5.14. The zero-order valence-electron chi connectivity index (χ0n) is 11.6. The maximum absolute atomic E-state index is 13.2. The van der Waals surface area contributed by atoms with Crippen LogP contribution in [0.15, 0.2) is 23.1 Å². The van der Waals surface area contributed by atoms with E-state index >= 15 is 0 Å². The molecule has 0 aromatic heterocycles. The molecule has 2 rings (SSSR count). The predicted octanol–water partition coefficient (Wildman–Crippen LogP) is 1.63. The van der Waals surface area contributed by atoms with Crippen molar-refractivity contribution in [3.8, 4) is 0 Å². The van der Waals surface area contributed by atoms with Gasteiger partial charge in [0.05, 0.1) is 4.90 Å². The number of hydrogen-bond acceptors (Lipinski definition) is 4. The first-order valence-corrected chi connectivity index (χ1v) is 8.60. The van der Waals surface area contributed by atoms with E-state index in [0.717, 1.165) is 50.3 Å². The summed E-state index contributed by atoms with van der Waals surface area (Å²) < 4.78 is 37.4. The van der Waals surface area contributed by atoms with Gasteiger partial charge >= 0.3 is 0 Å². The number of sulfone groups is 1. The van der Waals surface area contributed by atoms with E-state index < -0.39 is 27.3 Å². The van der Waals surface area contributed by atoms with Crippen LogP contribution in [0.3, 0.4) is 0 Å². The lowest BCUT2D eigenvalue weighted by Gasteiger charge is -2.22. The molecule has 0 spiro atoms. The number of benzene rings is 1. The minimum absolute atomic E-state index is 0.0151. The second kappa shape index (κ2) is 6.43. The Morgan fingerprint density at radius 1 is 1.24 bits per heavy atom. The summed E-state index contributed by atoms with van der Waals surface area (Å²) in [6.45, 7) is 0. The number of nitrogen functional groups attached to an aromatic ring is 1. The number of carbonyl (C=O) groups is 1. The molecular weight excluding hydrogens is 295 g/mol. The molecule has 0 aliphatic heterocycles. The molecule has 0 unspecified atom stereocenters. The van der Waals surface area contributed by atoms with E-state index in [0.29, 0.717) is 0 Å². The molecule has 3 N–H and O–H groups in total. The molecule has 0 saturated heterocycles. The second-order valence-corrected chi connectivity index (χ2v) is 7.37. The average Bonchev–Trinajstić information content (AvgIpc) is 2.37. The van der Waals surface area contributed by atoms with Crippen LogP contribution in [0.1, 0.15) is 32.1 Å². The van der Waals surface area contributed by atoms with Gasteiger partial charge in [-0.3, -0.25) is 4.79 Å². The number of amides is 1. The molecule has 0 bridgehead atoms. The normalized spacial score (nSPS) is 16.6. The number of anilines is 1. The molecule has 0 heterocycles. The third-order valence-electron chi connectivity index (χ3n) is 3.54. The summed E-state index contributed by atoms with van der Waals surface area (Å²) in [5.74, 6) is -1.97. The van der Waals surface area contributed by atoms with E-state index in [1.54, 1.807) is 0 Å². The average molecular weight is 314 g/mol. The van der Waals surface area contributed by atoms with Gasteiger partial charge in [0.2, 0.25) is 5.91 Å². The van der Waals surface area contributed by atoms with Gasteiger partial charge in [-0.1, -0.05) is 19.3 Å². The van der Waals surface area contributed by atoms with Crippen LogP contribution in [0.2, 0.25) is 0 Å². The molecule has 1 aromatic rings. The molecule has 116 valence electrons. The Morgan fingerprint density at radius 2 is 1.90 bits per heavy atom. The Balaban J connectivity index is 2.04. The predicted molar refractivity (Wildman–Crippen MR) is 77.9 cm³/mol. The van der Waals surface area contributed by atoms with Crippen LogP contribution in [-0.2, 0) is 14.6 Å². The largest absolute Gasteiger partial charge is 0.399 e. The fraction of sp³-hybridized carbons (Fsp3) is 0.500. The number of nitrogens with one attached hydrogen (secondary N) is 1. The summed E-state index contributed by atoms with van der Waals surface area (Å²) in [5, 5.41) is 2.73. The molecule has 1 aromatic carbocycles. The van der Waals surface area contributed by atoms with Crippen molar-refractivity contribution in [3.05, 3.63) is 24.0 Å². The van der Waals surface area contributed by atoms with E-state index in [2.05, 4.69) is 5.32 Å². The number of rotatable bonds is 4. The van der Waals surface area contributed by atoms with Crippen molar-refractivity contribution in [2.75, 3.05) is 11.5 Å². The summed E-state index contributed by atoms with van der Waals surface area (Å²) in [7, 11) is -3.89. The van der Waals surface area contributed by atoms with Crippen LogP contribution >= 0.6 is 0 Å². The molecule has 21 heavy (non-hydrogen) atoms.